The van der Waals surface area contributed by atoms with E-state index in [1.54, 1.807) is 12.4 Å². The third-order valence-corrected chi connectivity index (χ3v) is 3.48. The first-order chi connectivity index (χ1) is 10.6. The van der Waals surface area contributed by atoms with Crippen molar-refractivity contribution < 1.29 is 14.3 Å². The Balaban J connectivity index is 1.96. The summed E-state index contributed by atoms with van der Waals surface area (Å²) in [7, 11) is 0. The van der Waals surface area contributed by atoms with Gasteiger partial charge in [0.2, 0.25) is 0 Å². The van der Waals surface area contributed by atoms with Crippen molar-refractivity contribution in [3.8, 4) is 0 Å². The molecule has 0 aliphatic carbocycles. The van der Waals surface area contributed by atoms with E-state index in [-0.39, 0.29) is 11.6 Å². The summed E-state index contributed by atoms with van der Waals surface area (Å²) in [5.41, 5.74) is 0.222. The van der Waals surface area contributed by atoms with Crippen molar-refractivity contribution in [3.63, 3.8) is 0 Å². The Hall–Kier alpha value is -1.84. The average molecular weight is 325 g/mol. The van der Waals surface area contributed by atoms with E-state index in [1.165, 1.54) is 16.0 Å². The van der Waals surface area contributed by atoms with Crippen LogP contribution in [0.3, 0.4) is 0 Å². The topological polar surface area (TPSA) is 91.2 Å². The summed E-state index contributed by atoms with van der Waals surface area (Å²) in [6.45, 7) is 7.15. The molecule has 0 saturated heterocycles. The van der Waals surface area contributed by atoms with Gasteiger partial charge in [-0.15, -0.1) is 16.4 Å². The van der Waals surface area contributed by atoms with Crippen molar-refractivity contribution in [1.82, 2.24) is 20.0 Å². The molecule has 0 aliphatic heterocycles. The molecule has 22 heavy (non-hydrogen) atoms. The Morgan fingerprint density at radius 2 is 2.14 bits per heavy atom. The maximum Gasteiger partial charge on any atom is 0.279 e. The SMILES string of the molecule is CCOC(Cn1cc(C(=O)Nc2ncc(C)s2)nn1)OCC. The highest BCUT2D eigenvalue weighted by molar-refractivity contribution is 7.15. The molecule has 0 spiro atoms. The number of aromatic nitrogens is 4. The molecule has 0 unspecified atom stereocenters. The fraction of sp³-hybridized carbons (Fsp3) is 0.538. The minimum atomic E-state index is -0.408. The number of ether oxygens (including phenoxy) is 2. The predicted octanol–water partition coefficient (Wildman–Crippen LogP) is 1.69. The van der Waals surface area contributed by atoms with Crippen molar-refractivity contribution in [2.75, 3.05) is 18.5 Å². The third kappa shape index (κ3) is 4.58. The summed E-state index contributed by atoms with van der Waals surface area (Å²) >= 11 is 1.40. The Morgan fingerprint density at radius 1 is 1.41 bits per heavy atom. The fourth-order valence-corrected chi connectivity index (χ4v) is 2.40. The molecular weight excluding hydrogens is 306 g/mol. The van der Waals surface area contributed by atoms with E-state index in [0.717, 1.165) is 4.88 Å². The highest BCUT2D eigenvalue weighted by atomic mass is 32.1. The number of amides is 1. The first kappa shape index (κ1) is 16.5. The maximum absolute atomic E-state index is 12.1. The second-order valence-electron chi connectivity index (χ2n) is 4.40. The number of carbonyl (C=O) groups excluding carboxylic acids is 1. The first-order valence-corrected chi connectivity index (χ1v) is 7.81. The lowest BCUT2D eigenvalue weighted by atomic mass is 10.4. The van der Waals surface area contributed by atoms with E-state index < -0.39 is 6.29 Å². The van der Waals surface area contributed by atoms with Crippen LogP contribution >= 0.6 is 11.3 Å². The molecule has 0 saturated carbocycles. The second-order valence-corrected chi connectivity index (χ2v) is 5.63. The van der Waals surface area contributed by atoms with Gasteiger partial charge in [-0.25, -0.2) is 9.67 Å². The van der Waals surface area contributed by atoms with E-state index in [9.17, 15) is 4.79 Å². The normalized spacial score (nSPS) is 11.1. The molecule has 0 atom stereocenters. The minimum absolute atomic E-state index is 0.222. The minimum Gasteiger partial charge on any atom is -0.351 e. The van der Waals surface area contributed by atoms with Gasteiger partial charge in [-0.05, 0) is 20.8 Å². The number of rotatable bonds is 8. The zero-order valence-electron chi connectivity index (χ0n) is 12.8. The lowest BCUT2D eigenvalue weighted by Crippen LogP contribution is -2.24. The number of nitrogens with one attached hydrogen (secondary N) is 1. The van der Waals surface area contributed by atoms with E-state index >= 15 is 0 Å². The van der Waals surface area contributed by atoms with Crippen LogP contribution in [0.15, 0.2) is 12.4 Å². The summed E-state index contributed by atoms with van der Waals surface area (Å²) in [5, 5.41) is 11.0. The molecule has 0 radical (unpaired) electrons. The van der Waals surface area contributed by atoms with Crippen LogP contribution in [0.4, 0.5) is 5.13 Å². The quantitative estimate of drug-likeness (QED) is 0.743. The Morgan fingerprint density at radius 3 is 2.73 bits per heavy atom. The fourth-order valence-electron chi connectivity index (χ4n) is 1.74. The van der Waals surface area contributed by atoms with Crippen LogP contribution in [0.1, 0.15) is 29.2 Å². The zero-order chi connectivity index (χ0) is 15.9. The molecule has 1 N–H and O–H groups in total. The molecular formula is C13H19N5O3S. The average Bonchev–Trinajstić information content (AvgIpc) is 3.09. The van der Waals surface area contributed by atoms with Gasteiger partial charge in [-0.2, -0.15) is 0 Å². The van der Waals surface area contributed by atoms with E-state index in [0.29, 0.717) is 24.9 Å². The Bertz CT molecular complexity index is 606. The summed E-state index contributed by atoms with van der Waals surface area (Å²) in [6.07, 6.45) is 2.85. The van der Waals surface area contributed by atoms with Gasteiger partial charge in [-0.3, -0.25) is 10.1 Å². The molecule has 1 amide bonds. The first-order valence-electron chi connectivity index (χ1n) is 6.99. The van der Waals surface area contributed by atoms with E-state index in [4.69, 9.17) is 9.47 Å². The van der Waals surface area contributed by atoms with Crippen molar-refractivity contribution in [1.29, 1.82) is 0 Å². The molecule has 0 fully saturated rings. The molecule has 8 nitrogen and oxygen atoms in total. The van der Waals surface area contributed by atoms with E-state index in [2.05, 4.69) is 20.6 Å². The number of hydrogen-bond donors (Lipinski definition) is 1. The van der Waals surface area contributed by atoms with Crippen LogP contribution in [0.25, 0.3) is 0 Å². The summed E-state index contributed by atoms with van der Waals surface area (Å²) in [6, 6.07) is 0. The predicted molar refractivity (Wildman–Crippen MR) is 81.9 cm³/mol. The van der Waals surface area contributed by atoms with Crippen molar-refractivity contribution >= 4 is 22.4 Å². The summed E-state index contributed by atoms with van der Waals surface area (Å²) in [5.74, 6) is -0.343. The smallest absolute Gasteiger partial charge is 0.279 e. The standard InChI is InChI=1S/C13H19N5O3S/c1-4-20-11(21-5-2)8-18-7-10(16-17-18)12(19)15-13-14-6-9(3)22-13/h6-7,11H,4-5,8H2,1-3H3,(H,14,15,19). The molecule has 0 aliphatic rings. The van der Waals surface area contributed by atoms with Crippen molar-refractivity contribution in [2.24, 2.45) is 0 Å². The Labute approximate surface area is 132 Å². The largest absolute Gasteiger partial charge is 0.351 e. The van der Waals surface area contributed by atoms with Crippen molar-refractivity contribution in [2.45, 2.75) is 33.6 Å². The third-order valence-electron chi connectivity index (χ3n) is 2.65. The van der Waals surface area contributed by atoms with Crippen LogP contribution in [-0.4, -0.2) is 45.4 Å². The second kappa shape index (κ2) is 7.97. The summed E-state index contributed by atoms with van der Waals surface area (Å²) < 4.78 is 12.4. The highest BCUT2D eigenvalue weighted by Gasteiger charge is 2.15. The highest BCUT2D eigenvalue weighted by Crippen LogP contribution is 2.17. The molecule has 2 aromatic heterocycles. The molecule has 2 rings (SSSR count). The van der Waals surface area contributed by atoms with Gasteiger partial charge in [0, 0.05) is 24.3 Å². The number of hydrogen-bond acceptors (Lipinski definition) is 7. The number of carbonyl (C=O) groups is 1. The monoisotopic (exact) mass is 325 g/mol. The molecule has 120 valence electrons. The van der Waals surface area contributed by atoms with E-state index in [1.807, 2.05) is 20.8 Å². The van der Waals surface area contributed by atoms with Crippen LogP contribution < -0.4 is 5.32 Å². The van der Waals surface area contributed by atoms with Gasteiger partial charge in [-0.1, -0.05) is 5.21 Å². The lowest BCUT2D eigenvalue weighted by Gasteiger charge is -2.16. The van der Waals surface area contributed by atoms with Crippen LogP contribution in [-0.2, 0) is 16.0 Å². The van der Waals surface area contributed by atoms with Crippen molar-refractivity contribution in [3.05, 3.63) is 23.0 Å². The number of anilines is 1. The Kier molecular flexibility index (Phi) is 5.99. The van der Waals surface area contributed by atoms with Gasteiger partial charge in [0.1, 0.15) is 0 Å². The summed E-state index contributed by atoms with van der Waals surface area (Å²) in [4.78, 5) is 17.2. The number of thiazole rings is 1. The zero-order valence-corrected chi connectivity index (χ0v) is 13.6. The number of nitrogens with zero attached hydrogens (tertiary/aromatic N) is 4. The van der Waals surface area contributed by atoms with Crippen LogP contribution in [0.2, 0.25) is 0 Å². The molecule has 0 aromatic carbocycles. The molecule has 2 heterocycles. The van der Waals surface area contributed by atoms with Crippen LogP contribution in [0.5, 0.6) is 0 Å². The maximum atomic E-state index is 12.1. The van der Waals surface area contributed by atoms with Gasteiger partial charge in [0.25, 0.3) is 5.91 Å². The van der Waals surface area contributed by atoms with Gasteiger partial charge in [0.15, 0.2) is 17.1 Å². The number of aryl methyl sites for hydroxylation is 1. The van der Waals surface area contributed by atoms with Gasteiger partial charge < -0.3 is 9.47 Å². The van der Waals surface area contributed by atoms with Crippen LogP contribution in [0, 0.1) is 6.92 Å². The van der Waals surface area contributed by atoms with Gasteiger partial charge in [0.05, 0.1) is 12.7 Å². The molecule has 9 heteroatoms. The molecule has 2 aromatic rings. The molecule has 0 bridgehead atoms. The van der Waals surface area contributed by atoms with Gasteiger partial charge >= 0.3 is 0 Å². The lowest BCUT2D eigenvalue weighted by molar-refractivity contribution is -0.145.